The average molecular weight is 356 g/mol. The summed E-state index contributed by atoms with van der Waals surface area (Å²) in [5.41, 5.74) is 1.10. The second-order valence-electron chi connectivity index (χ2n) is 6.42. The van der Waals surface area contributed by atoms with Crippen molar-refractivity contribution in [3.63, 3.8) is 0 Å². The molecular formula is C19H24N4OS. The van der Waals surface area contributed by atoms with Crippen LogP contribution in [0.4, 0.5) is 0 Å². The summed E-state index contributed by atoms with van der Waals surface area (Å²) in [6, 6.07) is 9.95. The molecular weight excluding hydrogens is 332 g/mol. The highest BCUT2D eigenvalue weighted by atomic mass is 32.2. The van der Waals surface area contributed by atoms with E-state index in [1.807, 2.05) is 50.3 Å². The van der Waals surface area contributed by atoms with E-state index in [9.17, 15) is 4.79 Å². The van der Waals surface area contributed by atoms with Gasteiger partial charge in [0.2, 0.25) is 5.91 Å². The van der Waals surface area contributed by atoms with Gasteiger partial charge in [-0.15, -0.1) is 16.8 Å². The fraction of sp³-hybridized carbons (Fsp3) is 0.421. The molecule has 0 aliphatic heterocycles. The summed E-state index contributed by atoms with van der Waals surface area (Å²) in [5, 5.41) is 12.3. The van der Waals surface area contributed by atoms with Gasteiger partial charge in [-0.1, -0.05) is 48.2 Å². The zero-order chi connectivity index (χ0) is 17.8. The first-order valence-electron chi connectivity index (χ1n) is 8.66. The molecule has 0 bridgehead atoms. The molecule has 2 atom stereocenters. The van der Waals surface area contributed by atoms with Crippen LogP contribution in [0.2, 0.25) is 0 Å². The zero-order valence-electron chi connectivity index (χ0n) is 14.7. The molecule has 6 heteroatoms. The molecule has 2 unspecified atom stereocenters. The maximum absolute atomic E-state index is 12.5. The number of rotatable bonds is 8. The molecule has 0 spiro atoms. The van der Waals surface area contributed by atoms with Crippen molar-refractivity contribution in [3.8, 4) is 0 Å². The van der Waals surface area contributed by atoms with Crippen molar-refractivity contribution in [2.45, 2.75) is 55.6 Å². The molecule has 1 fully saturated rings. The number of aromatic nitrogens is 3. The van der Waals surface area contributed by atoms with Crippen LogP contribution in [0, 0.1) is 0 Å². The smallest absolute Gasteiger partial charge is 0.233 e. The number of hydrogen-bond donors (Lipinski definition) is 1. The van der Waals surface area contributed by atoms with Crippen molar-refractivity contribution in [3.05, 3.63) is 54.4 Å². The number of carbonyl (C=O) groups excluding carboxylic acids is 1. The Bertz CT molecular complexity index is 739. The Morgan fingerprint density at radius 1 is 1.36 bits per heavy atom. The van der Waals surface area contributed by atoms with Gasteiger partial charge < -0.3 is 9.88 Å². The average Bonchev–Trinajstić information content (AvgIpc) is 3.39. The predicted molar refractivity (Wildman–Crippen MR) is 101 cm³/mol. The van der Waals surface area contributed by atoms with Crippen LogP contribution in [0.3, 0.4) is 0 Å². The van der Waals surface area contributed by atoms with Crippen molar-refractivity contribution in [2.24, 2.45) is 0 Å². The molecule has 1 aromatic heterocycles. The molecule has 0 saturated heterocycles. The van der Waals surface area contributed by atoms with Gasteiger partial charge in [0.1, 0.15) is 5.82 Å². The molecule has 25 heavy (non-hydrogen) atoms. The normalized spacial score (nSPS) is 16.2. The Balaban J connectivity index is 1.64. The van der Waals surface area contributed by atoms with Crippen molar-refractivity contribution in [1.82, 2.24) is 20.1 Å². The summed E-state index contributed by atoms with van der Waals surface area (Å²) in [7, 11) is 0. The number of carbonyl (C=O) groups is 1. The third-order valence-electron chi connectivity index (χ3n) is 4.31. The van der Waals surface area contributed by atoms with Crippen molar-refractivity contribution >= 4 is 17.7 Å². The van der Waals surface area contributed by atoms with Gasteiger partial charge in [-0.2, -0.15) is 0 Å². The van der Waals surface area contributed by atoms with E-state index in [4.69, 9.17) is 0 Å². The molecule has 1 heterocycles. The zero-order valence-corrected chi connectivity index (χ0v) is 15.5. The Kier molecular flexibility index (Phi) is 5.58. The SMILES string of the molecule is C=CCn1c(SC(C)C(=O)NC(C)c2ccccc2)nnc1C1CC1. The maximum Gasteiger partial charge on any atom is 0.233 e. The van der Waals surface area contributed by atoms with Crippen LogP contribution in [0.15, 0.2) is 48.1 Å². The van der Waals surface area contributed by atoms with Gasteiger partial charge in [0, 0.05) is 12.5 Å². The molecule has 1 aliphatic rings. The molecule has 1 N–H and O–H groups in total. The van der Waals surface area contributed by atoms with Crippen LogP contribution in [0.25, 0.3) is 0 Å². The summed E-state index contributed by atoms with van der Waals surface area (Å²) in [4.78, 5) is 12.5. The standard InChI is InChI=1S/C19H24N4OS/c1-4-12-23-17(16-10-11-16)21-22-19(23)25-14(3)18(24)20-13(2)15-8-6-5-7-9-15/h4-9,13-14,16H,1,10-12H2,2-3H3,(H,20,24). The molecule has 1 aliphatic carbocycles. The topological polar surface area (TPSA) is 59.8 Å². The first-order valence-corrected chi connectivity index (χ1v) is 9.54. The van der Waals surface area contributed by atoms with Gasteiger partial charge in [-0.3, -0.25) is 4.79 Å². The largest absolute Gasteiger partial charge is 0.349 e. The lowest BCUT2D eigenvalue weighted by atomic mass is 10.1. The minimum absolute atomic E-state index is 0.00229. The third-order valence-corrected chi connectivity index (χ3v) is 5.39. The van der Waals surface area contributed by atoms with E-state index in [1.165, 1.54) is 24.6 Å². The highest BCUT2D eigenvalue weighted by molar-refractivity contribution is 8.00. The summed E-state index contributed by atoms with van der Waals surface area (Å²) in [6.07, 6.45) is 4.19. The number of allylic oxidation sites excluding steroid dienone is 1. The Morgan fingerprint density at radius 2 is 2.08 bits per heavy atom. The van der Waals surface area contributed by atoms with Crippen LogP contribution in [-0.2, 0) is 11.3 Å². The first kappa shape index (κ1) is 17.7. The van der Waals surface area contributed by atoms with Gasteiger partial charge in [0.15, 0.2) is 5.16 Å². The Morgan fingerprint density at radius 3 is 2.72 bits per heavy atom. The van der Waals surface area contributed by atoms with Crippen molar-refractivity contribution < 1.29 is 4.79 Å². The fourth-order valence-electron chi connectivity index (χ4n) is 2.70. The van der Waals surface area contributed by atoms with Gasteiger partial charge in [-0.25, -0.2) is 0 Å². The Hall–Kier alpha value is -2.08. The molecule has 5 nitrogen and oxygen atoms in total. The lowest BCUT2D eigenvalue weighted by Gasteiger charge is -2.17. The number of nitrogens with zero attached hydrogens (tertiary/aromatic N) is 3. The number of nitrogens with one attached hydrogen (secondary N) is 1. The summed E-state index contributed by atoms with van der Waals surface area (Å²) in [5.74, 6) is 1.54. The highest BCUT2D eigenvalue weighted by Crippen LogP contribution is 2.40. The fourth-order valence-corrected chi connectivity index (χ4v) is 3.57. The van der Waals surface area contributed by atoms with E-state index < -0.39 is 0 Å². The van der Waals surface area contributed by atoms with Crippen LogP contribution in [0.1, 0.15) is 50.0 Å². The number of benzene rings is 1. The van der Waals surface area contributed by atoms with E-state index in [0.717, 1.165) is 16.5 Å². The molecule has 2 aromatic rings. The molecule has 1 aromatic carbocycles. The summed E-state index contributed by atoms with van der Waals surface area (Å²) >= 11 is 1.45. The first-order chi connectivity index (χ1) is 12.1. The quantitative estimate of drug-likeness (QED) is 0.579. The molecule has 3 rings (SSSR count). The van der Waals surface area contributed by atoms with E-state index in [1.54, 1.807) is 0 Å². The van der Waals surface area contributed by atoms with E-state index in [2.05, 4.69) is 26.7 Å². The number of amides is 1. The van der Waals surface area contributed by atoms with Gasteiger partial charge >= 0.3 is 0 Å². The van der Waals surface area contributed by atoms with Crippen molar-refractivity contribution in [2.75, 3.05) is 0 Å². The van der Waals surface area contributed by atoms with E-state index >= 15 is 0 Å². The van der Waals surface area contributed by atoms with E-state index in [0.29, 0.717) is 12.5 Å². The van der Waals surface area contributed by atoms with Gasteiger partial charge in [0.05, 0.1) is 11.3 Å². The minimum Gasteiger partial charge on any atom is -0.349 e. The number of hydrogen-bond acceptors (Lipinski definition) is 4. The minimum atomic E-state index is -0.244. The summed E-state index contributed by atoms with van der Waals surface area (Å²) < 4.78 is 2.08. The highest BCUT2D eigenvalue weighted by Gasteiger charge is 2.31. The van der Waals surface area contributed by atoms with Gasteiger partial charge in [0.25, 0.3) is 0 Å². The maximum atomic E-state index is 12.5. The molecule has 132 valence electrons. The van der Waals surface area contributed by atoms with Crippen LogP contribution < -0.4 is 5.32 Å². The summed E-state index contributed by atoms with van der Waals surface area (Å²) in [6.45, 7) is 8.40. The van der Waals surface area contributed by atoms with Crippen molar-refractivity contribution in [1.29, 1.82) is 0 Å². The van der Waals surface area contributed by atoms with Crippen LogP contribution >= 0.6 is 11.8 Å². The van der Waals surface area contributed by atoms with Gasteiger partial charge in [-0.05, 0) is 32.3 Å². The lowest BCUT2D eigenvalue weighted by Crippen LogP contribution is -2.33. The lowest BCUT2D eigenvalue weighted by molar-refractivity contribution is -0.120. The molecule has 1 amide bonds. The van der Waals surface area contributed by atoms with Crippen LogP contribution in [0.5, 0.6) is 0 Å². The third kappa shape index (κ3) is 4.31. The monoisotopic (exact) mass is 356 g/mol. The van der Waals surface area contributed by atoms with E-state index in [-0.39, 0.29) is 17.2 Å². The molecule has 1 saturated carbocycles. The Labute approximate surface area is 152 Å². The predicted octanol–water partition coefficient (Wildman–Crippen LogP) is 3.70. The van der Waals surface area contributed by atoms with Crippen LogP contribution in [-0.4, -0.2) is 25.9 Å². The number of thioether (sulfide) groups is 1. The molecule has 0 radical (unpaired) electrons. The second kappa shape index (κ2) is 7.87. The second-order valence-corrected chi connectivity index (χ2v) is 7.72.